The van der Waals surface area contributed by atoms with Crippen molar-refractivity contribution in [1.82, 2.24) is 9.80 Å². The van der Waals surface area contributed by atoms with E-state index in [1.807, 2.05) is 17.0 Å². The van der Waals surface area contributed by atoms with Gasteiger partial charge in [-0.1, -0.05) is 35.3 Å². The van der Waals surface area contributed by atoms with Crippen LogP contribution in [0, 0.1) is 0 Å². The standard InChI is InChI=1S/C19H20Cl2N2O/c20-17-5-1-15(2-6-17)9-10-22-11-13-23(14-12-22)19(24)16-3-7-18(21)8-4-16/h1-8H,9-14H2. The third-order valence-corrected chi connectivity index (χ3v) is 4.88. The zero-order valence-electron chi connectivity index (χ0n) is 13.4. The van der Waals surface area contributed by atoms with Gasteiger partial charge in [-0.05, 0) is 48.4 Å². The molecule has 24 heavy (non-hydrogen) atoms. The van der Waals surface area contributed by atoms with Crippen molar-refractivity contribution in [3.8, 4) is 0 Å². The van der Waals surface area contributed by atoms with E-state index in [1.54, 1.807) is 24.3 Å². The second-order valence-electron chi connectivity index (χ2n) is 6.02. The van der Waals surface area contributed by atoms with Gasteiger partial charge in [0.25, 0.3) is 5.91 Å². The highest BCUT2D eigenvalue weighted by Crippen LogP contribution is 2.14. The van der Waals surface area contributed by atoms with Gasteiger partial charge in [0.2, 0.25) is 0 Å². The van der Waals surface area contributed by atoms with Gasteiger partial charge in [0.15, 0.2) is 0 Å². The lowest BCUT2D eigenvalue weighted by atomic mass is 10.1. The van der Waals surface area contributed by atoms with E-state index in [2.05, 4.69) is 17.0 Å². The van der Waals surface area contributed by atoms with Crippen LogP contribution in [0.5, 0.6) is 0 Å². The number of amides is 1. The number of carbonyl (C=O) groups excluding carboxylic acids is 1. The largest absolute Gasteiger partial charge is 0.336 e. The monoisotopic (exact) mass is 362 g/mol. The van der Waals surface area contributed by atoms with Crippen molar-refractivity contribution >= 4 is 29.1 Å². The van der Waals surface area contributed by atoms with Gasteiger partial charge in [-0.2, -0.15) is 0 Å². The minimum Gasteiger partial charge on any atom is -0.336 e. The molecule has 5 heteroatoms. The van der Waals surface area contributed by atoms with Crippen LogP contribution in [0.1, 0.15) is 15.9 Å². The Morgan fingerprint density at radius 3 is 1.96 bits per heavy atom. The molecule has 0 N–H and O–H groups in total. The van der Waals surface area contributed by atoms with Gasteiger partial charge in [0, 0.05) is 48.3 Å². The molecular formula is C19H20Cl2N2O. The molecule has 2 aromatic carbocycles. The van der Waals surface area contributed by atoms with E-state index >= 15 is 0 Å². The number of benzene rings is 2. The molecule has 0 bridgehead atoms. The maximum Gasteiger partial charge on any atom is 0.253 e. The Balaban J connectivity index is 1.47. The van der Waals surface area contributed by atoms with Crippen LogP contribution in [0.15, 0.2) is 48.5 Å². The van der Waals surface area contributed by atoms with Crippen molar-refractivity contribution in [2.45, 2.75) is 6.42 Å². The van der Waals surface area contributed by atoms with Gasteiger partial charge in [0.05, 0.1) is 0 Å². The number of rotatable bonds is 4. The summed E-state index contributed by atoms with van der Waals surface area (Å²) in [5.74, 6) is 0.0871. The maximum atomic E-state index is 12.5. The first-order valence-corrected chi connectivity index (χ1v) is 8.89. The van der Waals surface area contributed by atoms with Crippen molar-refractivity contribution in [3.63, 3.8) is 0 Å². The summed E-state index contributed by atoms with van der Waals surface area (Å²) in [6.45, 7) is 4.36. The summed E-state index contributed by atoms with van der Waals surface area (Å²) in [5, 5.41) is 1.42. The second kappa shape index (κ2) is 8.02. The normalized spacial score (nSPS) is 15.5. The Morgan fingerprint density at radius 2 is 1.38 bits per heavy atom. The first-order valence-electron chi connectivity index (χ1n) is 8.13. The lowest BCUT2D eigenvalue weighted by Gasteiger charge is -2.34. The highest BCUT2D eigenvalue weighted by Gasteiger charge is 2.21. The summed E-state index contributed by atoms with van der Waals surface area (Å²) < 4.78 is 0. The first kappa shape index (κ1) is 17.3. The number of hydrogen-bond acceptors (Lipinski definition) is 2. The van der Waals surface area contributed by atoms with Crippen molar-refractivity contribution in [3.05, 3.63) is 69.7 Å². The Kier molecular flexibility index (Phi) is 5.77. The summed E-state index contributed by atoms with van der Waals surface area (Å²) in [4.78, 5) is 16.8. The third-order valence-electron chi connectivity index (χ3n) is 4.38. The first-order chi connectivity index (χ1) is 11.6. The van der Waals surface area contributed by atoms with Crippen molar-refractivity contribution in [2.75, 3.05) is 32.7 Å². The van der Waals surface area contributed by atoms with Crippen LogP contribution in [-0.2, 0) is 6.42 Å². The average molecular weight is 363 g/mol. The van der Waals surface area contributed by atoms with E-state index in [1.165, 1.54) is 5.56 Å². The van der Waals surface area contributed by atoms with Crippen LogP contribution in [0.2, 0.25) is 10.0 Å². The fourth-order valence-electron chi connectivity index (χ4n) is 2.89. The smallest absolute Gasteiger partial charge is 0.253 e. The highest BCUT2D eigenvalue weighted by atomic mass is 35.5. The lowest BCUT2D eigenvalue weighted by molar-refractivity contribution is 0.0638. The molecule has 0 atom stereocenters. The van der Waals surface area contributed by atoms with Gasteiger partial charge in [0.1, 0.15) is 0 Å². The zero-order chi connectivity index (χ0) is 16.9. The summed E-state index contributed by atoms with van der Waals surface area (Å²) in [5.41, 5.74) is 1.99. The number of piperazine rings is 1. The average Bonchev–Trinajstić information content (AvgIpc) is 2.62. The third kappa shape index (κ3) is 4.50. The number of nitrogens with zero attached hydrogens (tertiary/aromatic N) is 2. The molecule has 2 aromatic rings. The van der Waals surface area contributed by atoms with Gasteiger partial charge in [-0.15, -0.1) is 0 Å². The molecule has 1 saturated heterocycles. The van der Waals surface area contributed by atoms with E-state index in [0.717, 1.165) is 44.2 Å². The van der Waals surface area contributed by atoms with Crippen LogP contribution >= 0.6 is 23.2 Å². The number of carbonyl (C=O) groups is 1. The Bertz CT molecular complexity index is 678. The highest BCUT2D eigenvalue weighted by molar-refractivity contribution is 6.30. The van der Waals surface area contributed by atoms with Crippen LogP contribution in [0.3, 0.4) is 0 Å². The fourth-order valence-corrected chi connectivity index (χ4v) is 3.14. The van der Waals surface area contributed by atoms with Gasteiger partial charge < -0.3 is 4.90 Å². The molecule has 0 saturated carbocycles. The fraction of sp³-hybridized carbons (Fsp3) is 0.316. The molecule has 0 spiro atoms. The minimum absolute atomic E-state index is 0.0871. The Morgan fingerprint density at radius 1 is 0.833 bits per heavy atom. The van der Waals surface area contributed by atoms with E-state index in [4.69, 9.17) is 23.2 Å². The van der Waals surface area contributed by atoms with Crippen LogP contribution in [0.25, 0.3) is 0 Å². The summed E-state index contributed by atoms with van der Waals surface area (Å²) in [6.07, 6.45) is 1.00. The van der Waals surface area contributed by atoms with E-state index < -0.39 is 0 Å². The maximum absolute atomic E-state index is 12.5. The summed E-state index contributed by atoms with van der Waals surface area (Å²) in [6, 6.07) is 15.1. The molecule has 1 aliphatic heterocycles. The molecule has 3 rings (SSSR count). The van der Waals surface area contributed by atoms with Crippen LogP contribution in [-0.4, -0.2) is 48.4 Å². The molecule has 0 aliphatic carbocycles. The SMILES string of the molecule is O=C(c1ccc(Cl)cc1)N1CCN(CCc2ccc(Cl)cc2)CC1. The molecule has 3 nitrogen and oxygen atoms in total. The molecule has 1 heterocycles. The quantitative estimate of drug-likeness (QED) is 0.820. The number of hydrogen-bond donors (Lipinski definition) is 0. The van der Waals surface area contributed by atoms with Gasteiger partial charge >= 0.3 is 0 Å². The van der Waals surface area contributed by atoms with Crippen LogP contribution < -0.4 is 0 Å². The van der Waals surface area contributed by atoms with E-state index in [-0.39, 0.29) is 5.91 Å². The lowest BCUT2D eigenvalue weighted by Crippen LogP contribution is -2.49. The zero-order valence-corrected chi connectivity index (χ0v) is 14.9. The molecular weight excluding hydrogens is 343 g/mol. The Hall–Kier alpha value is -1.55. The summed E-state index contributed by atoms with van der Waals surface area (Å²) in [7, 11) is 0. The Labute approximate surface area is 152 Å². The van der Waals surface area contributed by atoms with Crippen molar-refractivity contribution in [2.24, 2.45) is 0 Å². The molecule has 0 radical (unpaired) electrons. The predicted octanol–water partition coefficient (Wildman–Crippen LogP) is 3.99. The second-order valence-corrected chi connectivity index (χ2v) is 6.89. The molecule has 1 amide bonds. The van der Waals surface area contributed by atoms with Crippen LogP contribution in [0.4, 0.5) is 0 Å². The molecule has 1 fully saturated rings. The van der Waals surface area contributed by atoms with E-state index in [9.17, 15) is 4.79 Å². The predicted molar refractivity (Wildman–Crippen MR) is 99.0 cm³/mol. The minimum atomic E-state index is 0.0871. The number of halogens is 2. The molecule has 0 unspecified atom stereocenters. The van der Waals surface area contributed by atoms with Crippen molar-refractivity contribution in [1.29, 1.82) is 0 Å². The molecule has 126 valence electrons. The van der Waals surface area contributed by atoms with Crippen molar-refractivity contribution < 1.29 is 4.79 Å². The molecule has 1 aliphatic rings. The molecule has 0 aromatic heterocycles. The van der Waals surface area contributed by atoms with Gasteiger partial charge in [-0.25, -0.2) is 0 Å². The summed E-state index contributed by atoms with van der Waals surface area (Å²) >= 11 is 11.8. The van der Waals surface area contributed by atoms with E-state index in [0.29, 0.717) is 10.6 Å². The topological polar surface area (TPSA) is 23.6 Å². The van der Waals surface area contributed by atoms with Gasteiger partial charge in [-0.3, -0.25) is 9.69 Å².